The Labute approximate surface area is 117 Å². The molecule has 1 unspecified atom stereocenters. The summed E-state index contributed by atoms with van der Waals surface area (Å²) >= 11 is 4.49. The Morgan fingerprint density at radius 1 is 1.50 bits per heavy atom. The molecule has 1 atom stereocenters. The minimum Gasteiger partial charge on any atom is -0.479 e. The molecule has 0 spiro atoms. The van der Waals surface area contributed by atoms with Crippen molar-refractivity contribution in [2.45, 2.75) is 32.4 Å². The third-order valence-electron chi connectivity index (χ3n) is 1.81. The van der Waals surface area contributed by atoms with Gasteiger partial charge >= 0.3 is 12.1 Å². The summed E-state index contributed by atoms with van der Waals surface area (Å²) in [5, 5.41) is 13.2. The van der Waals surface area contributed by atoms with Crippen LogP contribution in [0.2, 0.25) is 0 Å². The lowest BCUT2D eigenvalue weighted by Crippen LogP contribution is -2.37. The Balaban J connectivity index is 2.80. The van der Waals surface area contributed by atoms with E-state index in [1.807, 2.05) is 0 Å². The van der Waals surface area contributed by atoms with Crippen LogP contribution < -0.4 is 5.32 Å². The lowest BCUT2D eigenvalue weighted by molar-refractivity contribution is -0.139. The predicted octanol–water partition coefficient (Wildman–Crippen LogP) is 3.16. The Kier molecular flexibility index (Phi) is 4.75. The number of hydrogen-bond donors (Lipinski definition) is 2. The summed E-state index contributed by atoms with van der Waals surface area (Å²) in [6.07, 6.45) is -0.754. The molecular formula is C11H14BrNO4S. The second kappa shape index (κ2) is 5.71. The number of rotatable bonds is 3. The third kappa shape index (κ3) is 4.30. The lowest BCUT2D eigenvalue weighted by Gasteiger charge is -2.21. The summed E-state index contributed by atoms with van der Waals surface area (Å²) in [6, 6.07) is 0.612. The van der Waals surface area contributed by atoms with Crippen LogP contribution in [-0.4, -0.2) is 22.8 Å². The molecule has 1 amide bonds. The highest BCUT2D eigenvalue weighted by molar-refractivity contribution is 9.10. The number of carboxylic acid groups (broad SMARTS) is 1. The van der Waals surface area contributed by atoms with Crippen molar-refractivity contribution in [3.8, 4) is 0 Å². The minimum absolute atomic E-state index is 0.522. The van der Waals surface area contributed by atoms with E-state index in [4.69, 9.17) is 9.84 Å². The zero-order chi connectivity index (χ0) is 13.9. The lowest BCUT2D eigenvalue weighted by atomic mass is 10.2. The van der Waals surface area contributed by atoms with Crippen LogP contribution >= 0.6 is 27.3 Å². The highest BCUT2D eigenvalue weighted by Crippen LogP contribution is 2.29. The van der Waals surface area contributed by atoms with E-state index >= 15 is 0 Å². The first kappa shape index (κ1) is 15.0. The Morgan fingerprint density at radius 2 is 2.11 bits per heavy atom. The molecule has 1 rings (SSSR count). The Morgan fingerprint density at radius 3 is 2.50 bits per heavy atom. The molecule has 18 heavy (non-hydrogen) atoms. The monoisotopic (exact) mass is 335 g/mol. The molecule has 1 aromatic rings. The van der Waals surface area contributed by atoms with Crippen LogP contribution in [0, 0.1) is 0 Å². The summed E-state index contributed by atoms with van der Waals surface area (Å²) in [5.41, 5.74) is -0.667. The number of carbonyl (C=O) groups is 2. The van der Waals surface area contributed by atoms with Crippen LogP contribution in [0.5, 0.6) is 0 Å². The number of alkyl carbamates (subject to hydrolysis) is 1. The first-order valence-corrected chi connectivity index (χ1v) is 6.83. The summed E-state index contributed by atoms with van der Waals surface area (Å²) in [5.74, 6) is -1.14. The normalized spacial score (nSPS) is 12.9. The van der Waals surface area contributed by atoms with E-state index in [2.05, 4.69) is 21.2 Å². The van der Waals surface area contributed by atoms with E-state index in [1.54, 1.807) is 32.2 Å². The van der Waals surface area contributed by atoms with Gasteiger partial charge in [0.15, 0.2) is 6.04 Å². The van der Waals surface area contributed by atoms with Crippen molar-refractivity contribution in [3.63, 3.8) is 0 Å². The number of nitrogens with one attached hydrogen (secondary N) is 1. The van der Waals surface area contributed by atoms with E-state index in [9.17, 15) is 9.59 Å². The summed E-state index contributed by atoms with van der Waals surface area (Å²) in [7, 11) is 0. The molecule has 2 N–H and O–H groups in total. The van der Waals surface area contributed by atoms with Crippen LogP contribution in [0.1, 0.15) is 31.7 Å². The van der Waals surface area contributed by atoms with Gasteiger partial charge in [-0.15, -0.1) is 11.3 Å². The average molecular weight is 336 g/mol. The van der Waals surface area contributed by atoms with Crippen molar-refractivity contribution >= 4 is 39.3 Å². The molecule has 0 radical (unpaired) electrons. The molecule has 7 heteroatoms. The van der Waals surface area contributed by atoms with Crippen LogP contribution in [-0.2, 0) is 9.53 Å². The maximum Gasteiger partial charge on any atom is 0.408 e. The topological polar surface area (TPSA) is 75.6 Å². The van der Waals surface area contributed by atoms with Gasteiger partial charge in [0, 0.05) is 4.47 Å². The number of amides is 1. The number of aliphatic carboxylic acids is 1. The van der Waals surface area contributed by atoms with Gasteiger partial charge in [0.25, 0.3) is 0 Å². The standard InChI is InChI=1S/C11H14BrNO4S/c1-11(2,3)17-10(16)13-7(9(14)15)8-6(12)4-5-18-8/h4-5,7H,1-3H3,(H,13,16)(H,14,15). The SMILES string of the molecule is CC(C)(C)OC(=O)NC(C(=O)O)c1sccc1Br. The van der Waals surface area contributed by atoms with E-state index in [0.29, 0.717) is 9.35 Å². The van der Waals surface area contributed by atoms with Crippen LogP contribution in [0.25, 0.3) is 0 Å². The van der Waals surface area contributed by atoms with Crippen LogP contribution in [0.15, 0.2) is 15.9 Å². The molecule has 1 heterocycles. The fourth-order valence-electron chi connectivity index (χ4n) is 1.18. The van der Waals surface area contributed by atoms with E-state index in [1.165, 1.54) is 11.3 Å². The van der Waals surface area contributed by atoms with Crippen molar-refractivity contribution in [3.05, 3.63) is 20.8 Å². The third-order valence-corrected chi connectivity index (χ3v) is 3.75. The van der Waals surface area contributed by atoms with Crippen molar-refractivity contribution in [1.82, 2.24) is 5.32 Å². The highest BCUT2D eigenvalue weighted by atomic mass is 79.9. The van der Waals surface area contributed by atoms with Gasteiger partial charge in [0.2, 0.25) is 0 Å². The first-order valence-electron chi connectivity index (χ1n) is 5.16. The predicted molar refractivity (Wildman–Crippen MR) is 71.8 cm³/mol. The molecule has 0 bridgehead atoms. The molecule has 0 aromatic carbocycles. The maximum atomic E-state index is 11.6. The highest BCUT2D eigenvalue weighted by Gasteiger charge is 2.27. The number of halogens is 1. The van der Waals surface area contributed by atoms with Gasteiger partial charge in [0.1, 0.15) is 5.60 Å². The van der Waals surface area contributed by atoms with E-state index in [0.717, 1.165) is 0 Å². The van der Waals surface area contributed by atoms with Gasteiger partial charge in [-0.05, 0) is 48.1 Å². The molecular weight excluding hydrogens is 322 g/mol. The first-order chi connectivity index (χ1) is 8.20. The molecule has 0 saturated carbocycles. The molecule has 5 nitrogen and oxygen atoms in total. The molecule has 0 saturated heterocycles. The quantitative estimate of drug-likeness (QED) is 0.889. The van der Waals surface area contributed by atoms with E-state index in [-0.39, 0.29) is 0 Å². The molecule has 1 aromatic heterocycles. The zero-order valence-electron chi connectivity index (χ0n) is 10.2. The van der Waals surface area contributed by atoms with Gasteiger partial charge in [-0.3, -0.25) is 0 Å². The molecule has 0 fully saturated rings. The van der Waals surface area contributed by atoms with Crippen LogP contribution in [0.4, 0.5) is 4.79 Å². The smallest absolute Gasteiger partial charge is 0.408 e. The van der Waals surface area contributed by atoms with Crippen molar-refractivity contribution in [2.24, 2.45) is 0 Å². The molecule has 0 aliphatic heterocycles. The van der Waals surface area contributed by atoms with Gasteiger partial charge in [-0.1, -0.05) is 0 Å². The fraction of sp³-hybridized carbons (Fsp3) is 0.455. The van der Waals surface area contributed by atoms with Crippen LogP contribution in [0.3, 0.4) is 0 Å². The van der Waals surface area contributed by atoms with Crippen molar-refractivity contribution < 1.29 is 19.4 Å². The number of carbonyl (C=O) groups excluding carboxylic acids is 1. The second-order valence-electron chi connectivity index (χ2n) is 4.55. The van der Waals surface area contributed by atoms with Gasteiger partial charge in [-0.25, -0.2) is 9.59 Å². The molecule has 100 valence electrons. The average Bonchev–Trinajstić information content (AvgIpc) is 2.57. The summed E-state index contributed by atoms with van der Waals surface area (Å²) < 4.78 is 5.68. The zero-order valence-corrected chi connectivity index (χ0v) is 12.6. The largest absolute Gasteiger partial charge is 0.479 e. The maximum absolute atomic E-state index is 11.6. The molecule has 0 aliphatic carbocycles. The Hall–Kier alpha value is -1.08. The summed E-state index contributed by atoms with van der Waals surface area (Å²) in [6.45, 7) is 5.14. The number of thiophene rings is 1. The van der Waals surface area contributed by atoms with E-state index < -0.39 is 23.7 Å². The van der Waals surface area contributed by atoms with Gasteiger partial charge in [0.05, 0.1) is 4.88 Å². The van der Waals surface area contributed by atoms with Gasteiger partial charge in [-0.2, -0.15) is 0 Å². The van der Waals surface area contributed by atoms with Crippen molar-refractivity contribution in [2.75, 3.05) is 0 Å². The second-order valence-corrected chi connectivity index (χ2v) is 6.35. The number of ether oxygens (including phenoxy) is 1. The number of hydrogen-bond acceptors (Lipinski definition) is 4. The fourth-order valence-corrected chi connectivity index (χ4v) is 2.82. The summed E-state index contributed by atoms with van der Waals surface area (Å²) in [4.78, 5) is 23.3. The molecule has 0 aliphatic rings. The van der Waals surface area contributed by atoms with Crippen molar-refractivity contribution in [1.29, 1.82) is 0 Å². The Bertz CT molecular complexity index is 452. The van der Waals surface area contributed by atoms with Gasteiger partial charge < -0.3 is 15.2 Å². The number of carboxylic acids is 1. The minimum atomic E-state index is -1.14.